The van der Waals surface area contributed by atoms with Crippen molar-refractivity contribution in [1.29, 1.82) is 0 Å². The summed E-state index contributed by atoms with van der Waals surface area (Å²) in [5, 5.41) is 4.89. The molecule has 0 fully saturated rings. The van der Waals surface area contributed by atoms with E-state index in [0.717, 1.165) is 22.2 Å². The lowest BCUT2D eigenvalue weighted by Crippen LogP contribution is -2.20. The number of carbonyl (C=O) groups is 1. The summed E-state index contributed by atoms with van der Waals surface area (Å²) in [6.07, 6.45) is 0. The molecule has 6 heteroatoms. The molecule has 0 saturated heterocycles. The second kappa shape index (κ2) is 6.00. The Balaban J connectivity index is 2.07. The van der Waals surface area contributed by atoms with Gasteiger partial charge in [-0.1, -0.05) is 15.9 Å². The van der Waals surface area contributed by atoms with Crippen LogP contribution in [0.3, 0.4) is 0 Å². The van der Waals surface area contributed by atoms with Crippen molar-refractivity contribution < 1.29 is 13.6 Å². The first-order valence-corrected chi connectivity index (χ1v) is 6.54. The van der Waals surface area contributed by atoms with Gasteiger partial charge in [0.25, 0.3) is 0 Å². The van der Waals surface area contributed by atoms with Gasteiger partial charge in [-0.3, -0.25) is 0 Å². The highest BCUT2D eigenvalue weighted by Gasteiger charge is 2.08. The van der Waals surface area contributed by atoms with E-state index in [9.17, 15) is 13.6 Å². The van der Waals surface area contributed by atoms with E-state index < -0.39 is 17.7 Å². The number of urea groups is 1. The van der Waals surface area contributed by atoms with Crippen LogP contribution in [0.5, 0.6) is 0 Å². The molecule has 0 atom stereocenters. The van der Waals surface area contributed by atoms with E-state index in [1.807, 2.05) is 6.92 Å². The van der Waals surface area contributed by atoms with Crippen LogP contribution in [0.25, 0.3) is 0 Å². The zero-order valence-corrected chi connectivity index (χ0v) is 12.1. The molecule has 0 aliphatic heterocycles. The molecule has 2 rings (SSSR count). The molecule has 0 bridgehead atoms. The Morgan fingerprint density at radius 3 is 2.50 bits per heavy atom. The van der Waals surface area contributed by atoms with Crippen molar-refractivity contribution in [2.75, 3.05) is 10.6 Å². The lowest BCUT2D eigenvalue weighted by atomic mass is 10.2. The van der Waals surface area contributed by atoms with E-state index in [2.05, 4.69) is 26.6 Å². The first-order chi connectivity index (χ1) is 9.45. The average Bonchev–Trinajstić information content (AvgIpc) is 2.37. The molecule has 20 heavy (non-hydrogen) atoms. The van der Waals surface area contributed by atoms with Crippen LogP contribution in [-0.4, -0.2) is 6.03 Å². The van der Waals surface area contributed by atoms with Crippen LogP contribution >= 0.6 is 15.9 Å². The minimum atomic E-state index is -0.827. The number of halogens is 3. The summed E-state index contributed by atoms with van der Waals surface area (Å²) in [5.74, 6) is -1.52. The number of nitrogens with one attached hydrogen (secondary N) is 2. The average molecular weight is 341 g/mol. The van der Waals surface area contributed by atoms with Crippen molar-refractivity contribution in [2.45, 2.75) is 6.92 Å². The Bertz CT molecular complexity index is 662. The Morgan fingerprint density at radius 2 is 1.85 bits per heavy atom. The smallest absolute Gasteiger partial charge is 0.308 e. The maximum Gasteiger partial charge on any atom is 0.323 e. The van der Waals surface area contributed by atoms with Crippen LogP contribution in [0.4, 0.5) is 25.0 Å². The second-order valence-corrected chi connectivity index (χ2v) is 5.02. The van der Waals surface area contributed by atoms with Crippen LogP contribution in [0, 0.1) is 18.6 Å². The molecule has 0 aliphatic rings. The number of anilines is 2. The van der Waals surface area contributed by atoms with E-state index in [1.165, 1.54) is 0 Å². The van der Waals surface area contributed by atoms with Gasteiger partial charge in [0, 0.05) is 16.2 Å². The fourth-order valence-electron chi connectivity index (χ4n) is 1.60. The SMILES string of the molecule is Cc1cc(NC(=O)Nc2ccc(F)cc2F)ccc1Br. The summed E-state index contributed by atoms with van der Waals surface area (Å²) in [4.78, 5) is 11.7. The summed E-state index contributed by atoms with van der Waals surface area (Å²) in [5.41, 5.74) is 1.44. The van der Waals surface area contributed by atoms with E-state index in [4.69, 9.17) is 0 Å². The number of rotatable bonds is 2. The Labute approximate surface area is 123 Å². The quantitative estimate of drug-likeness (QED) is 0.818. The van der Waals surface area contributed by atoms with Gasteiger partial charge in [-0.05, 0) is 42.8 Å². The van der Waals surface area contributed by atoms with Gasteiger partial charge in [-0.2, -0.15) is 0 Å². The van der Waals surface area contributed by atoms with Crippen LogP contribution in [0.1, 0.15) is 5.56 Å². The molecule has 0 spiro atoms. The Kier molecular flexibility index (Phi) is 4.34. The van der Waals surface area contributed by atoms with E-state index in [-0.39, 0.29) is 5.69 Å². The summed E-state index contributed by atoms with van der Waals surface area (Å²) in [6.45, 7) is 1.88. The molecule has 0 heterocycles. The number of hydrogen-bond donors (Lipinski definition) is 2. The van der Waals surface area contributed by atoms with Crippen molar-refractivity contribution in [2.24, 2.45) is 0 Å². The highest BCUT2D eigenvalue weighted by Crippen LogP contribution is 2.20. The van der Waals surface area contributed by atoms with Gasteiger partial charge in [0.1, 0.15) is 11.6 Å². The van der Waals surface area contributed by atoms with Crippen LogP contribution in [-0.2, 0) is 0 Å². The Morgan fingerprint density at radius 1 is 1.10 bits per heavy atom. The first-order valence-electron chi connectivity index (χ1n) is 5.75. The molecule has 3 nitrogen and oxygen atoms in total. The number of benzene rings is 2. The molecule has 0 saturated carbocycles. The minimum absolute atomic E-state index is 0.0854. The standard InChI is InChI=1S/C14H11BrF2N2O/c1-8-6-10(3-4-11(8)15)18-14(20)19-13-5-2-9(16)7-12(13)17/h2-7H,1H3,(H2,18,19,20). The first kappa shape index (κ1) is 14.5. The predicted octanol–water partition coefficient (Wildman–Crippen LogP) is 4.68. The van der Waals surface area contributed by atoms with Crippen LogP contribution in [0.15, 0.2) is 40.9 Å². The van der Waals surface area contributed by atoms with Gasteiger partial charge < -0.3 is 10.6 Å². The molecule has 2 aromatic carbocycles. The largest absolute Gasteiger partial charge is 0.323 e. The normalized spacial score (nSPS) is 10.2. The molecule has 0 radical (unpaired) electrons. The fraction of sp³-hybridized carbons (Fsp3) is 0.0714. The number of amides is 2. The molecule has 2 N–H and O–H groups in total. The number of aryl methyl sites for hydroxylation is 1. The monoisotopic (exact) mass is 340 g/mol. The van der Waals surface area contributed by atoms with Crippen LogP contribution in [0.2, 0.25) is 0 Å². The van der Waals surface area contributed by atoms with E-state index >= 15 is 0 Å². The molecular formula is C14H11BrF2N2O. The molecule has 0 unspecified atom stereocenters. The molecular weight excluding hydrogens is 330 g/mol. The predicted molar refractivity (Wildman–Crippen MR) is 77.9 cm³/mol. The number of carbonyl (C=O) groups excluding carboxylic acids is 1. The lowest BCUT2D eigenvalue weighted by molar-refractivity contribution is 0.262. The molecule has 0 aliphatic carbocycles. The van der Waals surface area contributed by atoms with E-state index in [1.54, 1.807) is 18.2 Å². The molecule has 0 aromatic heterocycles. The topological polar surface area (TPSA) is 41.1 Å². The maximum atomic E-state index is 13.4. The van der Waals surface area contributed by atoms with Gasteiger partial charge in [0.05, 0.1) is 5.69 Å². The third-order valence-corrected chi connectivity index (χ3v) is 3.48. The van der Waals surface area contributed by atoms with Crippen molar-refractivity contribution >= 4 is 33.3 Å². The molecule has 2 aromatic rings. The van der Waals surface area contributed by atoms with Gasteiger partial charge in [-0.15, -0.1) is 0 Å². The second-order valence-electron chi connectivity index (χ2n) is 4.17. The maximum absolute atomic E-state index is 13.4. The van der Waals surface area contributed by atoms with Gasteiger partial charge in [0.2, 0.25) is 0 Å². The van der Waals surface area contributed by atoms with Crippen molar-refractivity contribution in [1.82, 2.24) is 0 Å². The van der Waals surface area contributed by atoms with Gasteiger partial charge >= 0.3 is 6.03 Å². The third-order valence-electron chi connectivity index (χ3n) is 2.60. The third kappa shape index (κ3) is 3.54. The van der Waals surface area contributed by atoms with Gasteiger partial charge in [0.15, 0.2) is 0 Å². The zero-order valence-electron chi connectivity index (χ0n) is 10.5. The highest BCUT2D eigenvalue weighted by atomic mass is 79.9. The van der Waals surface area contributed by atoms with Gasteiger partial charge in [-0.25, -0.2) is 13.6 Å². The zero-order chi connectivity index (χ0) is 14.7. The molecule has 2 amide bonds. The van der Waals surface area contributed by atoms with Crippen molar-refractivity contribution in [3.63, 3.8) is 0 Å². The minimum Gasteiger partial charge on any atom is -0.308 e. The lowest BCUT2D eigenvalue weighted by Gasteiger charge is -2.09. The van der Waals surface area contributed by atoms with Crippen molar-refractivity contribution in [3.8, 4) is 0 Å². The Hall–Kier alpha value is -1.95. The summed E-state index contributed by atoms with van der Waals surface area (Å²) >= 11 is 3.35. The van der Waals surface area contributed by atoms with Crippen molar-refractivity contribution in [3.05, 3.63) is 58.1 Å². The summed E-state index contributed by atoms with van der Waals surface area (Å²) in [7, 11) is 0. The summed E-state index contributed by atoms with van der Waals surface area (Å²) < 4.78 is 27.0. The fourth-order valence-corrected chi connectivity index (χ4v) is 1.84. The molecule has 104 valence electrons. The number of hydrogen-bond acceptors (Lipinski definition) is 1. The highest BCUT2D eigenvalue weighted by molar-refractivity contribution is 9.10. The van der Waals surface area contributed by atoms with Crippen LogP contribution < -0.4 is 10.6 Å². The summed E-state index contributed by atoms with van der Waals surface area (Å²) in [6, 6.07) is 7.61. The van der Waals surface area contributed by atoms with E-state index in [0.29, 0.717) is 11.8 Å².